The Balaban J connectivity index is 1.04. The zero-order valence-corrected chi connectivity index (χ0v) is 31.9. The van der Waals surface area contributed by atoms with Crippen molar-refractivity contribution in [1.29, 1.82) is 0 Å². The van der Waals surface area contributed by atoms with Crippen LogP contribution in [0.2, 0.25) is 0 Å². The number of hydrogen-bond donors (Lipinski definition) is 0. The highest BCUT2D eigenvalue weighted by molar-refractivity contribution is 7.26. The lowest BCUT2D eigenvalue weighted by atomic mass is 9.67. The molecule has 0 unspecified atom stereocenters. The molecule has 1 aliphatic rings. The first-order valence-electron chi connectivity index (χ1n) is 19.2. The zero-order chi connectivity index (χ0) is 36.8. The Hall–Kier alpha value is -6.52. The van der Waals surface area contributed by atoms with Crippen LogP contribution in [0.3, 0.4) is 0 Å². The standard InChI is InChI=1S/C53H33NS2/c1-3-14-36(15-4-1)53(47-23-10-7-20-41(47)42-21-8-11-24-48(42)53)37-16-13-19-39(32-37)54(38-17-5-2-6-18-38)40-26-27-44-46-29-35-30-50-45(43-22-9-12-25-49(43)55-50)28-34(35)31-51(46)56-52(44)33-40/h1-33H. The molecule has 0 saturated heterocycles. The van der Waals surface area contributed by atoms with Crippen LogP contribution in [-0.2, 0) is 5.41 Å². The van der Waals surface area contributed by atoms with Crippen molar-refractivity contribution in [3.05, 3.63) is 222 Å². The van der Waals surface area contributed by atoms with E-state index in [2.05, 4.69) is 205 Å². The minimum absolute atomic E-state index is 0.467. The molecule has 1 aliphatic carbocycles. The van der Waals surface area contributed by atoms with Crippen LogP contribution in [-0.4, -0.2) is 0 Å². The molecule has 11 aromatic rings. The van der Waals surface area contributed by atoms with E-state index in [4.69, 9.17) is 0 Å². The molecule has 2 aromatic heterocycles. The lowest BCUT2D eigenvalue weighted by Gasteiger charge is -2.35. The Bertz CT molecular complexity index is 3270. The number of anilines is 3. The van der Waals surface area contributed by atoms with Crippen LogP contribution in [0.15, 0.2) is 200 Å². The van der Waals surface area contributed by atoms with Crippen LogP contribution in [0.5, 0.6) is 0 Å². The molecule has 9 aromatic carbocycles. The van der Waals surface area contributed by atoms with E-state index in [0.717, 1.165) is 17.1 Å². The highest BCUT2D eigenvalue weighted by atomic mass is 32.1. The lowest BCUT2D eigenvalue weighted by Crippen LogP contribution is -2.28. The fraction of sp³-hybridized carbons (Fsp3) is 0.0189. The molecule has 0 fully saturated rings. The minimum Gasteiger partial charge on any atom is -0.310 e. The molecule has 0 bridgehead atoms. The van der Waals surface area contributed by atoms with Gasteiger partial charge in [-0.2, -0.15) is 0 Å². The summed E-state index contributed by atoms with van der Waals surface area (Å²) in [5, 5.41) is 7.91. The molecule has 1 nitrogen and oxygen atoms in total. The van der Waals surface area contributed by atoms with Crippen molar-refractivity contribution in [1.82, 2.24) is 0 Å². The molecule has 0 amide bonds. The van der Waals surface area contributed by atoms with Gasteiger partial charge in [-0.1, -0.05) is 133 Å². The summed E-state index contributed by atoms with van der Waals surface area (Å²) in [7, 11) is 0. The van der Waals surface area contributed by atoms with E-state index < -0.39 is 5.41 Å². The van der Waals surface area contributed by atoms with Gasteiger partial charge in [0, 0.05) is 57.4 Å². The first kappa shape index (κ1) is 31.8. The highest BCUT2D eigenvalue weighted by Crippen LogP contribution is 2.56. The summed E-state index contributed by atoms with van der Waals surface area (Å²) in [6, 6.07) is 74.5. The smallest absolute Gasteiger partial charge is 0.0714 e. The second-order valence-corrected chi connectivity index (χ2v) is 17.0. The fourth-order valence-electron chi connectivity index (χ4n) is 9.48. The van der Waals surface area contributed by atoms with Gasteiger partial charge in [0.05, 0.1) is 5.41 Å². The van der Waals surface area contributed by atoms with E-state index in [-0.39, 0.29) is 0 Å². The molecule has 2 heterocycles. The monoisotopic (exact) mass is 747 g/mol. The number of hydrogen-bond acceptors (Lipinski definition) is 3. The molecule has 12 rings (SSSR count). The Morgan fingerprint density at radius 2 is 0.839 bits per heavy atom. The third kappa shape index (κ3) is 4.59. The number of thiophene rings is 2. The van der Waals surface area contributed by atoms with Crippen molar-refractivity contribution < 1.29 is 0 Å². The number of para-hydroxylation sites is 1. The summed E-state index contributed by atoms with van der Waals surface area (Å²) >= 11 is 3.78. The third-order valence-electron chi connectivity index (χ3n) is 11.9. The van der Waals surface area contributed by atoms with Gasteiger partial charge in [-0.3, -0.25) is 0 Å². The molecular weight excluding hydrogens is 715 g/mol. The van der Waals surface area contributed by atoms with E-state index in [1.165, 1.54) is 84.5 Å². The summed E-state index contributed by atoms with van der Waals surface area (Å²) in [4.78, 5) is 2.43. The molecule has 0 aliphatic heterocycles. The van der Waals surface area contributed by atoms with E-state index in [1.54, 1.807) is 0 Å². The van der Waals surface area contributed by atoms with Gasteiger partial charge in [-0.25, -0.2) is 0 Å². The van der Waals surface area contributed by atoms with Gasteiger partial charge in [-0.15, -0.1) is 22.7 Å². The van der Waals surface area contributed by atoms with Crippen LogP contribution >= 0.6 is 22.7 Å². The first-order chi connectivity index (χ1) is 27.7. The van der Waals surface area contributed by atoms with E-state index in [1.807, 2.05) is 22.7 Å². The molecule has 262 valence electrons. The second kappa shape index (κ2) is 12.2. The SMILES string of the molecule is c1ccc(N(c2cccc(C3(c4ccccc4)c4ccccc4-c4ccccc43)c2)c2ccc3c(c2)sc2cc4cc5c(cc4cc23)sc2ccccc25)cc1. The quantitative estimate of drug-likeness (QED) is 0.169. The Kier molecular flexibility index (Phi) is 6.95. The van der Waals surface area contributed by atoms with Gasteiger partial charge in [0.1, 0.15) is 0 Å². The maximum Gasteiger partial charge on any atom is 0.0714 e. The largest absolute Gasteiger partial charge is 0.310 e. The second-order valence-electron chi connectivity index (χ2n) is 14.9. The number of fused-ring (bicyclic) bond motifs is 10. The zero-order valence-electron chi connectivity index (χ0n) is 30.3. The summed E-state index contributed by atoms with van der Waals surface area (Å²) in [6.45, 7) is 0. The van der Waals surface area contributed by atoms with Crippen LogP contribution in [0, 0.1) is 0 Å². The van der Waals surface area contributed by atoms with Gasteiger partial charge in [0.2, 0.25) is 0 Å². The molecule has 0 atom stereocenters. The molecule has 0 N–H and O–H groups in total. The van der Waals surface area contributed by atoms with E-state index in [9.17, 15) is 0 Å². The number of rotatable bonds is 5. The van der Waals surface area contributed by atoms with Gasteiger partial charge in [-0.05, 0) is 111 Å². The predicted molar refractivity (Wildman–Crippen MR) is 242 cm³/mol. The summed E-state index contributed by atoms with van der Waals surface area (Å²) in [6.07, 6.45) is 0. The van der Waals surface area contributed by atoms with E-state index in [0.29, 0.717) is 0 Å². The van der Waals surface area contributed by atoms with Gasteiger partial charge < -0.3 is 4.90 Å². The predicted octanol–water partition coefficient (Wildman–Crippen LogP) is 15.4. The van der Waals surface area contributed by atoms with Crippen LogP contribution in [0.4, 0.5) is 17.1 Å². The molecule has 0 spiro atoms. The summed E-state index contributed by atoms with van der Waals surface area (Å²) < 4.78 is 5.30. The van der Waals surface area contributed by atoms with Crippen LogP contribution in [0.1, 0.15) is 22.3 Å². The molecule has 56 heavy (non-hydrogen) atoms. The van der Waals surface area contributed by atoms with Crippen molar-refractivity contribution in [3.63, 3.8) is 0 Å². The average molecular weight is 748 g/mol. The topological polar surface area (TPSA) is 3.24 Å². The first-order valence-corrected chi connectivity index (χ1v) is 20.8. The minimum atomic E-state index is -0.467. The van der Waals surface area contributed by atoms with Gasteiger partial charge in [0.15, 0.2) is 0 Å². The van der Waals surface area contributed by atoms with E-state index >= 15 is 0 Å². The maximum absolute atomic E-state index is 2.43. The third-order valence-corrected chi connectivity index (χ3v) is 14.1. The van der Waals surface area contributed by atoms with Gasteiger partial charge in [0.25, 0.3) is 0 Å². The van der Waals surface area contributed by atoms with Crippen LogP contribution < -0.4 is 4.90 Å². The Morgan fingerprint density at radius 3 is 1.55 bits per heavy atom. The van der Waals surface area contributed by atoms with Crippen molar-refractivity contribution >= 4 is 90.9 Å². The highest BCUT2D eigenvalue weighted by Gasteiger charge is 2.46. The maximum atomic E-state index is 2.43. The fourth-order valence-corrected chi connectivity index (χ4v) is 11.8. The average Bonchev–Trinajstić information content (AvgIpc) is 3.90. The summed E-state index contributed by atoms with van der Waals surface area (Å²) in [5.41, 5.74) is 10.7. The molecule has 3 heteroatoms. The van der Waals surface area contributed by atoms with Crippen molar-refractivity contribution in [2.75, 3.05) is 4.90 Å². The number of benzene rings is 9. The number of nitrogens with zero attached hydrogens (tertiary/aromatic N) is 1. The van der Waals surface area contributed by atoms with Gasteiger partial charge >= 0.3 is 0 Å². The Labute approximate surface area is 333 Å². The molecule has 0 radical (unpaired) electrons. The van der Waals surface area contributed by atoms with Crippen molar-refractivity contribution in [3.8, 4) is 11.1 Å². The summed E-state index contributed by atoms with van der Waals surface area (Å²) in [5.74, 6) is 0. The normalized spacial score (nSPS) is 13.1. The van der Waals surface area contributed by atoms with Crippen molar-refractivity contribution in [2.45, 2.75) is 5.41 Å². The lowest BCUT2D eigenvalue weighted by molar-refractivity contribution is 0.768. The Morgan fingerprint density at radius 1 is 0.321 bits per heavy atom. The molecular formula is C53H33NS2. The van der Waals surface area contributed by atoms with Crippen LogP contribution in [0.25, 0.3) is 62.2 Å². The molecule has 0 saturated carbocycles. The van der Waals surface area contributed by atoms with Crippen molar-refractivity contribution in [2.24, 2.45) is 0 Å².